The molecule has 0 bridgehead atoms. The van der Waals surface area contributed by atoms with Crippen LogP contribution in [0.25, 0.3) is 16.8 Å². The molecule has 1 saturated heterocycles. The third kappa shape index (κ3) is 4.00. The number of amides is 1. The lowest BCUT2D eigenvalue weighted by Crippen LogP contribution is -2.49. The summed E-state index contributed by atoms with van der Waals surface area (Å²) in [5, 5.41) is 4.43. The summed E-state index contributed by atoms with van der Waals surface area (Å²) >= 11 is 0. The van der Waals surface area contributed by atoms with Crippen molar-refractivity contribution in [2.75, 3.05) is 37.7 Å². The van der Waals surface area contributed by atoms with E-state index in [1.54, 1.807) is 21.8 Å². The normalized spacial score (nSPS) is 14.4. The molecule has 9 heteroatoms. The minimum atomic E-state index is -0.258. The first-order valence-electron chi connectivity index (χ1n) is 10.2. The number of pyridine rings is 1. The summed E-state index contributed by atoms with van der Waals surface area (Å²) in [6, 6.07) is 5.78. The minimum absolute atomic E-state index is 0.117. The quantitative estimate of drug-likeness (QED) is 0.639. The van der Waals surface area contributed by atoms with Gasteiger partial charge >= 0.3 is 6.09 Å². The van der Waals surface area contributed by atoms with Crippen LogP contribution in [0.3, 0.4) is 0 Å². The van der Waals surface area contributed by atoms with Crippen LogP contribution >= 0.6 is 0 Å². The molecule has 3 aromatic heterocycles. The van der Waals surface area contributed by atoms with E-state index in [1.807, 2.05) is 45.2 Å². The SMILES string of the molecule is CCOc1ncccc1-c1cnn2ccc(N3CCN(C(=O)OC(C)C)CC3)nc12. The van der Waals surface area contributed by atoms with Gasteiger partial charge in [0.15, 0.2) is 5.65 Å². The number of anilines is 1. The van der Waals surface area contributed by atoms with Gasteiger partial charge in [0.05, 0.1) is 24.5 Å². The molecular weight excluding hydrogens is 384 g/mol. The molecule has 30 heavy (non-hydrogen) atoms. The molecule has 0 spiro atoms. The van der Waals surface area contributed by atoms with Crippen molar-refractivity contribution in [1.82, 2.24) is 24.5 Å². The Morgan fingerprint density at radius 2 is 1.97 bits per heavy atom. The zero-order chi connectivity index (χ0) is 21.1. The lowest BCUT2D eigenvalue weighted by Gasteiger charge is -2.35. The van der Waals surface area contributed by atoms with Crippen molar-refractivity contribution in [3.8, 4) is 17.0 Å². The Labute approximate surface area is 175 Å². The van der Waals surface area contributed by atoms with Gasteiger partial charge in [-0.2, -0.15) is 5.10 Å². The number of carbonyl (C=O) groups excluding carboxylic acids is 1. The number of fused-ring (bicyclic) bond motifs is 1. The summed E-state index contributed by atoms with van der Waals surface area (Å²) in [5.41, 5.74) is 2.47. The Kier molecular flexibility index (Phi) is 5.69. The Balaban J connectivity index is 1.57. The number of rotatable bonds is 5. The summed E-state index contributed by atoms with van der Waals surface area (Å²) in [5.74, 6) is 1.42. The van der Waals surface area contributed by atoms with Crippen LogP contribution in [0.4, 0.5) is 10.6 Å². The van der Waals surface area contributed by atoms with Crippen LogP contribution in [0.15, 0.2) is 36.8 Å². The molecule has 4 heterocycles. The second-order valence-corrected chi connectivity index (χ2v) is 7.31. The molecule has 1 aliphatic heterocycles. The molecule has 158 valence electrons. The average Bonchev–Trinajstić information content (AvgIpc) is 3.17. The van der Waals surface area contributed by atoms with Crippen LogP contribution in [0, 0.1) is 0 Å². The van der Waals surface area contributed by atoms with Crippen molar-refractivity contribution < 1.29 is 14.3 Å². The molecule has 0 aromatic carbocycles. The molecule has 4 rings (SSSR count). The van der Waals surface area contributed by atoms with Crippen molar-refractivity contribution >= 4 is 17.6 Å². The third-order valence-corrected chi connectivity index (χ3v) is 4.90. The van der Waals surface area contributed by atoms with E-state index in [0.717, 1.165) is 22.6 Å². The fraction of sp³-hybridized carbons (Fsp3) is 0.429. The molecule has 9 nitrogen and oxygen atoms in total. The highest BCUT2D eigenvalue weighted by molar-refractivity contribution is 5.80. The van der Waals surface area contributed by atoms with Gasteiger partial charge in [-0.15, -0.1) is 0 Å². The molecule has 0 radical (unpaired) electrons. The predicted octanol–water partition coefficient (Wildman–Crippen LogP) is 2.86. The number of carbonyl (C=O) groups is 1. The van der Waals surface area contributed by atoms with Crippen LogP contribution in [0.1, 0.15) is 20.8 Å². The Morgan fingerprint density at radius 3 is 2.70 bits per heavy atom. The molecule has 0 saturated carbocycles. The second kappa shape index (κ2) is 8.56. The van der Waals surface area contributed by atoms with Gasteiger partial charge in [-0.05, 0) is 39.0 Å². The third-order valence-electron chi connectivity index (χ3n) is 4.90. The number of piperazine rings is 1. The first-order valence-corrected chi connectivity index (χ1v) is 10.2. The molecule has 3 aromatic rings. The highest BCUT2D eigenvalue weighted by Gasteiger charge is 2.24. The lowest BCUT2D eigenvalue weighted by atomic mass is 10.1. The van der Waals surface area contributed by atoms with Crippen molar-refractivity contribution in [3.63, 3.8) is 0 Å². The minimum Gasteiger partial charge on any atom is -0.478 e. The Hall–Kier alpha value is -3.36. The second-order valence-electron chi connectivity index (χ2n) is 7.31. The molecule has 0 N–H and O–H groups in total. The number of hydrogen-bond donors (Lipinski definition) is 0. The monoisotopic (exact) mass is 410 g/mol. The van der Waals surface area contributed by atoms with Crippen molar-refractivity contribution in [2.24, 2.45) is 0 Å². The van der Waals surface area contributed by atoms with Gasteiger partial charge in [-0.1, -0.05) is 0 Å². The largest absolute Gasteiger partial charge is 0.478 e. The Morgan fingerprint density at radius 1 is 1.17 bits per heavy atom. The van der Waals surface area contributed by atoms with Crippen LogP contribution in [0.5, 0.6) is 5.88 Å². The number of nitrogens with zero attached hydrogens (tertiary/aromatic N) is 6. The van der Waals surface area contributed by atoms with Gasteiger partial charge in [0.2, 0.25) is 5.88 Å². The maximum Gasteiger partial charge on any atom is 0.410 e. The van der Waals surface area contributed by atoms with Gasteiger partial charge < -0.3 is 19.3 Å². The highest BCUT2D eigenvalue weighted by atomic mass is 16.6. The van der Waals surface area contributed by atoms with Gasteiger partial charge in [-0.25, -0.2) is 19.3 Å². The molecule has 0 unspecified atom stereocenters. The summed E-state index contributed by atoms with van der Waals surface area (Å²) in [7, 11) is 0. The van der Waals surface area contributed by atoms with Gasteiger partial charge in [0.1, 0.15) is 5.82 Å². The van der Waals surface area contributed by atoms with E-state index in [0.29, 0.717) is 38.7 Å². The van der Waals surface area contributed by atoms with Gasteiger partial charge in [0.25, 0.3) is 0 Å². The number of hydrogen-bond acceptors (Lipinski definition) is 7. The van der Waals surface area contributed by atoms with Crippen LogP contribution in [-0.2, 0) is 4.74 Å². The molecular formula is C21H26N6O3. The maximum atomic E-state index is 12.1. The molecule has 0 aliphatic carbocycles. The van der Waals surface area contributed by atoms with Crippen LogP contribution < -0.4 is 9.64 Å². The topological polar surface area (TPSA) is 85.1 Å². The molecule has 1 amide bonds. The van der Waals surface area contributed by atoms with Crippen molar-refractivity contribution in [1.29, 1.82) is 0 Å². The lowest BCUT2D eigenvalue weighted by molar-refractivity contribution is 0.0751. The van der Waals surface area contributed by atoms with E-state index < -0.39 is 0 Å². The fourth-order valence-electron chi connectivity index (χ4n) is 3.47. The number of ether oxygens (including phenoxy) is 2. The van der Waals surface area contributed by atoms with Crippen LogP contribution in [-0.4, -0.2) is 69.5 Å². The van der Waals surface area contributed by atoms with Crippen molar-refractivity contribution in [2.45, 2.75) is 26.9 Å². The smallest absolute Gasteiger partial charge is 0.410 e. The van der Waals surface area contributed by atoms with Gasteiger partial charge in [0, 0.05) is 44.1 Å². The van der Waals surface area contributed by atoms with E-state index in [-0.39, 0.29) is 12.2 Å². The molecule has 1 aliphatic rings. The predicted molar refractivity (Wildman–Crippen MR) is 113 cm³/mol. The fourth-order valence-corrected chi connectivity index (χ4v) is 3.47. The summed E-state index contributed by atoms with van der Waals surface area (Å²) in [6.45, 7) is 8.76. The first kappa shape index (κ1) is 19.9. The van der Waals surface area contributed by atoms with E-state index in [1.165, 1.54) is 0 Å². The highest BCUT2D eigenvalue weighted by Crippen LogP contribution is 2.31. The summed E-state index contributed by atoms with van der Waals surface area (Å²) in [4.78, 5) is 25.2. The van der Waals surface area contributed by atoms with E-state index in [2.05, 4.69) is 15.0 Å². The van der Waals surface area contributed by atoms with Gasteiger partial charge in [-0.3, -0.25) is 0 Å². The first-order chi connectivity index (χ1) is 14.6. The van der Waals surface area contributed by atoms with Crippen LogP contribution in [0.2, 0.25) is 0 Å². The summed E-state index contributed by atoms with van der Waals surface area (Å²) in [6.07, 6.45) is 5.02. The number of aromatic nitrogens is 4. The molecule has 0 atom stereocenters. The Bertz CT molecular complexity index is 1030. The molecule has 1 fully saturated rings. The van der Waals surface area contributed by atoms with E-state index in [4.69, 9.17) is 14.5 Å². The van der Waals surface area contributed by atoms with E-state index in [9.17, 15) is 4.79 Å². The zero-order valence-electron chi connectivity index (χ0n) is 17.5. The van der Waals surface area contributed by atoms with Crippen molar-refractivity contribution in [3.05, 3.63) is 36.8 Å². The standard InChI is InChI=1S/C21H26N6O3/c1-4-29-20-16(6-5-8-22-20)17-14-23-27-9-7-18(24-19(17)27)25-10-12-26(13-11-25)21(28)30-15(2)3/h5-9,14-15H,4,10-13H2,1-3H3. The zero-order valence-corrected chi connectivity index (χ0v) is 17.5. The maximum absolute atomic E-state index is 12.1. The average molecular weight is 410 g/mol. The summed E-state index contributed by atoms with van der Waals surface area (Å²) < 4.78 is 12.7. The van der Waals surface area contributed by atoms with E-state index >= 15 is 0 Å².